The van der Waals surface area contributed by atoms with E-state index in [0.29, 0.717) is 11.5 Å². The molecule has 1 aromatic heterocycles. The number of hydrogen-bond acceptors (Lipinski definition) is 3. The van der Waals surface area contributed by atoms with E-state index in [9.17, 15) is 0 Å². The molecule has 2 rings (SSSR count). The van der Waals surface area contributed by atoms with Gasteiger partial charge in [0.2, 0.25) is 0 Å². The van der Waals surface area contributed by atoms with Gasteiger partial charge in [-0.1, -0.05) is 19.9 Å². The van der Waals surface area contributed by atoms with Crippen molar-refractivity contribution in [1.29, 1.82) is 0 Å². The van der Waals surface area contributed by atoms with Gasteiger partial charge in [-0.2, -0.15) is 0 Å². The van der Waals surface area contributed by atoms with Gasteiger partial charge in [-0.3, -0.25) is 0 Å². The molecule has 3 heteroatoms. The molecule has 3 nitrogen and oxygen atoms in total. The zero-order valence-electron chi connectivity index (χ0n) is 11.8. The van der Waals surface area contributed by atoms with E-state index in [1.165, 1.54) is 25.7 Å². The molecule has 0 saturated heterocycles. The second-order valence-corrected chi connectivity index (χ2v) is 6.02. The summed E-state index contributed by atoms with van der Waals surface area (Å²) in [5.74, 6) is 1.96. The van der Waals surface area contributed by atoms with Gasteiger partial charge in [-0.15, -0.1) is 0 Å². The van der Waals surface area contributed by atoms with Gasteiger partial charge in [0, 0.05) is 12.6 Å². The van der Waals surface area contributed by atoms with E-state index in [2.05, 4.69) is 48.5 Å². The van der Waals surface area contributed by atoms with Crippen LogP contribution in [0.5, 0.6) is 0 Å². The fourth-order valence-corrected chi connectivity index (χ4v) is 2.55. The number of aromatic nitrogens is 1. The Hall–Kier alpha value is -1.25. The van der Waals surface area contributed by atoms with Gasteiger partial charge in [0.1, 0.15) is 11.6 Å². The number of nitrogens with zero attached hydrogens (tertiary/aromatic N) is 1. The summed E-state index contributed by atoms with van der Waals surface area (Å²) >= 11 is 0. The number of rotatable bonds is 4. The Labute approximate surface area is 110 Å². The molecule has 1 fully saturated rings. The molecule has 0 amide bonds. The number of pyridine rings is 1. The van der Waals surface area contributed by atoms with Crippen LogP contribution in [-0.2, 0) is 0 Å². The minimum Gasteiger partial charge on any atom is -0.370 e. The first-order chi connectivity index (χ1) is 8.59. The van der Waals surface area contributed by atoms with E-state index in [-0.39, 0.29) is 0 Å². The number of nitrogens with one attached hydrogen (secondary N) is 2. The maximum atomic E-state index is 4.57. The van der Waals surface area contributed by atoms with Crippen molar-refractivity contribution in [2.75, 3.05) is 17.2 Å². The lowest BCUT2D eigenvalue weighted by Crippen LogP contribution is -2.30. The fourth-order valence-electron chi connectivity index (χ4n) is 2.55. The minimum atomic E-state index is 0.525. The molecule has 2 N–H and O–H groups in total. The topological polar surface area (TPSA) is 37.0 Å². The maximum Gasteiger partial charge on any atom is 0.128 e. The average Bonchev–Trinajstić information content (AvgIpc) is 2.33. The van der Waals surface area contributed by atoms with Crippen molar-refractivity contribution in [3.8, 4) is 0 Å². The molecule has 0 aromatic carbocycles. The van der Waals surface area contributed by atoms with Crippen molar-refractivity contribution in [3.05, 3.63) is 18.2 Å². The third-order valence-electron chi connectivity index (χ3n) is 3.80. The van der Waals surface area contributed by atoms with E-state index in [4.69, 9.17) is 0 Å². The SMILES string of the molecule is CCNc1cccc(NC2CCC(C)(C)CC2)n1. The molecule has 1 aromatic rings. The van der Waals surface area contributed by atoms with Crippen LogP contribution in [0, 0.1) is 5.41 Å². The molecule has 1 heterocycles. The standard InChI is InChI=1S/C15H25N3/c1-4-16-13-6-5-7-14(18-13)17-12-8-10-15(2,3)11-9-12/h5-7,12H,4,8-11H2,1-3H3,(H2,16,17,18). The zero-order valence-corrected chi connectivity index (χ0v) is 11.8. The van der Waals surface area contributed by atoms with E-state index in [1.807, 2.05) is 6.07 Å². The molecule has 0 spiro atoms. The van der Waals surface area contributed by atoms with Crippen molar-refractivity contribution in [2.45, 2.75) is 52.5 Å². The lowest BCUT2D eigenvalue weighted by atomic mass is 9.75. The van der Waals surface area contributed by atoms with Crippen LogP contribution in [0.15, 0.2) is 18.2 Å². The Kier molecular flexibility index (Phi) is 4.10. The predicted octanol–water partition coefficient (Wildman–Crippen LogP) is 3.89. The van der Waals surface area contributed by atoms with Crippen LogP contribution in [0.4, 0.5) is 11.6 Å². The summed E-state index contributed by atoms with van der Waals surface area (Å²) in [5.41, 5.74) is 0.525. The van der Waals surface area contributed by atoms with Crippen LogP contribution >= 0.6 is 0 Å². The van der Waals surface area contributed by atoms with Crippen molar-refractivity contribution >= 4 is 11.6 Å². The molecule has 100 valence electrons. The molecule has 0 atom stereocenters. The average molecular weight is 247 g/mol. The summed E-state index contributed by atoms with van der Waals surface area (Å²) in [5, 5.41) is 6.81. The van der Waals surface area contributed by atoms with Crippen LogP contribution in [-0.4, -0.2) is 17.6 Å². The van der Waals surface area contributed by atoms with Gasteiger partial charge in [0.05, 0.1) is 0 Å². The highest BCUT2D eigenvalue weighted by Crippen LogP contribution is 2.35. The Bertz CT molecular complexity index is 377. The smallest absolute Gasteiger partial charge is 0.128 e. The molecule has 1 aliphatic rings. The highest BCUT2D eigenvalue weighted by Gasteiger charge is 2.26. The number of anilines is 2. The van der Waals surface area contributed by atoms with E-state index in [1.54, 1.807) is 0 Å². The Balaban J connectivity index is 1.91. The summed E-state index contributed by atoms with van der Waals surface area (Å²) in [7, 11) is 0. The molecule has 1 aliphatic carbocycles. The quantitative estimate of drug-likeness (QED) is 0.847. The first-order valence-electron chi connectivity index (χ1n) is 7.06. The number of hydrogen-bond donors (Lipinski definition) is 2. The van der Waals surface area contributed by atoms with Crippen LogP contribution in [0.25, 0.3) is 0 Å². The molecule has 18 heavy (non-hydrogen) atoms. The van der Waals surface area contributed by atoms with Crippen LogP contribution < -0.4 is 10.6 Å². The fraction of sp³-hybridized carbons (Fsp3) is 0.667. The summed E-state index contributed by atoms with van der Waals surface area (Å²) in [6.45, 7) is 7.74. The molecule has 0 bridgehead atoms. The highest BCUT2D eigenvalue weighted by atomic mass is 15.1. The zero-order chi connectivity index (χ0) is 13.0. The lowest BCUT2D eigenvalue weighted by molar-refractivity contribution is 0.232. The van der Waals surface area contributed by atoms with Crippen molar-refractivity contribution < 1.29 is 0 Å². The predicted molar refractivity (Wildman–Crippen MR) is 78.1 cm³/mol. The van der Waals surface area contributed by atoms with E-state index in [0.717, 1.165) is 18.2 Å². The molecule has 0 unspecified atom stereocenters. The van der Waals surface area contributed by atoms with Gasteiger partial charge < -0.3 is 10.6 Å². The van der Waals surface area contributed by atoms with E-state index >= 15 is 0 Å². The molecule has 1 saturated carbocycles. The van der Waals surface area contributed by atoms with Crippen LogP contribution in [0.1, 0.15) is 46.5 Å². The minimum absolute atomic E-state index is 0.525. The van der Waals surface area contributed by atoms with Gasteiger partial charge in [-0.25, -0.2) is 4.98 Å². The second kappa shape index (κ2) is 5.59. The molecule has 0 aliphatic heterocycles. The summed E-state index contributed by atoms with van der Waals surface area (Å²) in [6.07, 6.45) is 5.11. The Morgan fingerprint density at radius 1 is 1.22 bits per heavy atom. The Morgan fingerprint density at radius 2 is 1.89 bits per heavy atom. The molecule has 0 radical (unpaired) electrons. The summed E-state index contributed by atoms with van der Waals surface area (Å²) < 4.78 is 0. The summed E-state index contributed by atoms with van der Waals surface area (Å²) in [4.78, 5) is 4.57. The highest BCUT2D eigenvalue weighted by molar-refractivity contribution is 5.45. The van der Waals surface area contributed by atoms with Crippen molar-refractivity contribution in [2.24, 2.45) is 5.41 Å². The Morgan fingerprint density at radius 3 is 2.56 bits per heavy atom. The van der Waals surface area contributed by atoms with Gasteiger partial charge in [0.25, 0.3) is 0 Å². The van der Waals surface area contributed by atoms with Crippen molar-refractivity contribution in [1.82, 2.24) is 4.98 Å². The first kappa shape index (κ1) is 13.2. The van der Waals surface area contributed by atoms with Gasteiger partial charge >= 0.3 is 0 Å². The molecular weight excluding hydrogens is 222 g/mol. The van der Waals surface area contributed by atoms with E-state index < -0.39 is 0 Å². The normalized spacial score (nSPS) is 19.5. The summed E-state index contributed by atoms with van der Waals surface area (Å²) in [6, 6.07) is 6.71. The third kappa shape index (κ3) is 3.62. The van der Waals surface area contributed by atoms with Gasteiger partial charge in [0.15, 0.2) is 0 Å². The maximum absolute atomic E-state index is 4.57. The second-order valence-electron chi connectivity index (χ2n) is 6.02. The van der Waals surface area contributed by atoms with Crippen LogP contribution in [0.3, 0.4) is 0 Å². The first-order valence-corrected chi connectivity index (χ1v) is 7.06. The van der Waals surface area contributed by atoms with Crippen molar-refractivity contribution in [3.63, 3.8) is 0 Å². The largest absolute Gasteiger partial charge is 0.370 e. The van der Waals surface area contributed by atoms with Crippen LogP contribution in [0.2, 0.25) is 0 Å². The lowest BCUT2D eigenvalue weighted by Gasteiger charge is -2.34. The third-order valence-corrected chi connectivity index (χ3v) is 3.80. The van der Waals surface area contributed by atoms with Gasteiger partial charge in [-0.05, 0) is 50.2 Å². The monoisotopic (exact) mass is 247 g/mol. The molecular formula is C15H25N3.